The Bertz CT molecular complexity index is 1090. The fourth-order valence-electron chi connectivity index (χ4n) is 6.04. The molecule has 1 N–H and O–H groups in total. The molecule has 3 aliphatic heterocycles. The van der Waals surface area contributed by atoms with Gasteiger partial charge in [-0.1, -0.05) is 38.1 Å². The second-order valence-electron chi connectivity index (χ2n) is 11.3. The van der Waals surface area contributed by atoms with Crippen LogP contribution in [0.3, 0.4) is 0 Å². The lowest BCUT2D eigenvalue weighted by atomic mass is 9.85. The number of benzene rings is 2. The van der Waals surface area contributed by atoms with Gasteiger partial charge in [-0.15, -0.1) is 0 Å². The number of alkyl carbamates (subject to hydrolysis) is 1. The van der Waals surface area contributed by atoms with Crippen LogP contribution in [0.1, 0.15) is 57.7 Å². The molecule has 4 aliphatic rings. The van der Waals surface area contributed by atoms with Crippen LogP contribution in [0.25, 0.3) is 11.1 Å². The number of carbonyl (C=O) groups excluding carboxylic acids is 1. The van der Waals surface area contributed by atoms with Crippen LogP contribution >= 0.6 is 0 Å². The minimum Gasteiger partial charge on any atom is -0.493 e. The van der Waals surface area contributed by atoms with E-state index in [2.05, 4.69) is 48.3 Å². The Morgan fingerprint density at radius 3 is 2.43 bits per heavy atom. The molecule has 0 aromatic heterocycles. The summed E-state index contributed by atoms with van der Waals surface area (Å²) in [7, 11) is 1.67. The first-order valence-electron chi connectivity index (χ1n) is 12.9. The molecule has 6 rings (SSSR count). The van der Waals surface area contributed by atoms with Crippen LogP contribution in [0, 0.1) is 11.3 Å². The number of nitrogens with zero attached hydrogens (tertiary/aromatic N) is 1. The van der Waals surface area contributed by atoms with E-state index in [4.69, 9.17) is 14.2 Å². The Morgan fingerprint density at radius 1 is 1.06 bits per heavy atom. The van der Waals surface area contributed by atoms with Crippen molar-refractivity contribution in [3.05, 3.63) is 47.5 Å². The number of hydrogen-bond acceptors (Lipinski definition) is 5. The minimum atomic E-state index is -0.288. The molecule has 1 amide bonds. The molecule has 0 saturated carbocycles. The molecule has 2 aromatic rings. The zero-order valence-electron chi connectivity index (χ0n) is 21.6. The van der Waals surface area contributed by atoms with Gasteiger partial charge < -0.3 is 19.5 Å². The van der Waals surface area contributed by atoms with Gasteiger partial charge >= 0.3 is 6.09 Å². The highest BCUT2D eigenvalue weighted by Gasteiger charge is 2.42. The maximum atomic E-state index is 12.9. The predicted octanol–water partition coefficient (Wildman–Crippen LogP) is 5.59. The first-order valence-corrected chi connectivity index (χ1v) is 12.9. The van der Waals surface area contributed by atoms with Crippen LogP contribution < -0.4 is 14.8 Å². The molecule has 0 spiro atoms. The molecule has 6 nitrogen and oxygen atoms in total. The smallest absolute Gasteiger partial charge is 0.407 e. The van der Waals surface area contributed by atoms with Gasteiger partial charge in [0, 0.05) is 6.54 Å². The summed E-state index contributed by atoms with van der Waals surface area (Å²) in [6, 6.07) is 12.5. The third-order valence-electron chi connectivity index (χ3n) is 7.86. The second kappa shape index (κ2) is 9.38. The highest BCUT2D eigenvalue weighted by molar-refractivity contribution is 5.71. The summed E-state index contributed by atoms with van der Waals surface area (Å²) in [5.41, 5.74) is 4.56. The zero-order valence-corrected chi connectivity index (χ0v) is 21.6. The predicted molar refractivity (Wildman–Crippen MR) is 137 cm³/mol. The van der Waals surface area contributed by atoms with E-state index in [0.717, 1.165) is 61.5 Å². The lowest BCUT2D eigenvalue weighted by Gasteiger charge is -2.44. The molecule has 3 saturated heterocycles. The van der Waals surface area contributed by atoms with Crippen molar-refractivity contribution in [2.24, 2.45) is 11.3 Å². The summed E-state index contributed by atoms with van der Waals surface area (Å²) in [6.45, 7) is 11.6. The quantitative estimate of drug-likeness (QED) is 0.586. The third kappa shape index (κ3) is 4.86. The molecule has 1 aliphatic carbocycles. The van der Waals surface area contributed by atoms with E-state index in [1.165, 1.54) is 11.1 Å². The highest BCUT2D eigenvalue weighted by atomic mass is 16.6. The monoisotopic (exact) mass is 478 g/mol. The third-order valence-corrected chi connectivity index (χ3v) is 7.86. The number of nitrogens with one attached hydrogen (secondary N) is 1. The summed E-state index contributed by atoms with van der Waals surface area (Å²) in [5.74, 6) is 1.98. The summed E-state index contributed by atoms with van der Waals surface area (Å²) in [5, 5.41) is 3.22. The summed E-state index contributed by atoms with van der Waals surface area (Å²) < 4.78 is 17.4. The molecule has 188 valence electrons. The Labute approximate surface area is 208 Å². The Balaban J connectivity index is 1.33. The molecule has 0 radical (unpaired) electrons. The molecule has 35 heavy (non-hydrogen) atoms. The van der Waals surface area contributed by atoms with Crippen molar-refractivity contribution in [1.82, 2.24) is 10.2 Å². The number of fused-ring (bicyclic) bond motifs is 4. The fraction of sp³-hybridized carbons (Fsp3) is 0.552. The fourth-order valence-corrected chi connectivity index (χ4v) is 6.04. The van der Waals surface area contributed by atoms with Crippen molar-refractivity contribution in [2.45, 2.75) is 65.2 Å². The lowest BCUT2D eigenvalue weighted by molar-refractivity contribution is -0.0348. The minimum absolute atomic E-state index is 0.0153. The number of carbonyl (C=O) groups is 1. The van der Waals surface area contributed by atoms with Gasteiger partial charge in [0.25, 0.3) is 0 Å². The molecule has 3 heterocycles. The maximum absolute atomic E-state index is 12.9. The summed E-state index contributed by atoms with van der Waals surface area (Å²) >= 11 is 0. The van der Waals surface area contributed by atoms with Crippen LogP contribution in [0.4, 0.5) is 4.79 Å². The Kier molecular flexibility index (Phi) is 6.43. The standard InChI is InChI=1S/C29H38N2O4/c1-18(2)34-24-9-7-21(15-25(24)33-5)20-6-8-23-22(14-20)16-29(3,4)27(23)30-28(32)35-26-17-31-12-10-19(26)11-13-31/h6-9,14-15,18-19,26-27H,10-13,16-17H2,1-5H3,(H,30,32)/t26-,27-/m0/s1. The second-order valence-corrected chi connectivity index (χ2v) is 11.3. The van der Waals surface area contributed by atoms with Crippen molar-refractivity contribution >= 4 is 6.09 Å². The Morgan fingerprint density at radius 2 is 1.77 bits per heavy atom. The van der Waals surface area contributed by atoms with Gasteiger partial charge in [0.05, 0.1) is 19.3 Å². The number of amides is 1. The van der Waals surface area contributed by atoms with Crippen molar-refractivity contribution in [3.63, 3.8) is 0 Å². The molecule has 3 fully saturated rings. The molecular weight excluding hydrogens is 440 g/mol. The van der Waals surface area contributed by atoms with Crippen LogP contribution in [0.5, 0.6) is 11.5 Å². The number of ether oxygens (including phenoxy) is 3. The van der Waals surface area contributed by atoms with E-state index in [-0.39, 0.29) is 29.8 Å². The van der Waals surface area contributed by atoms with E-state index in [0.29, 0.717) is 5.92 Å². The van der Waals surface area contributed by atoms with Crippen molar-refractivity contribution in [2.75, 3.05) is 26.7 Å². The van der Waals surface area contributed by atoms with Gasteiger partial charge in [0.1, 0.15) is 6.10 Å². The average molecular weight is 479 g/mol. The number of methoxy groups -OCH3 is 1. The number of piperidine rings is 3. The van der Waals surface area contributed by atoms with E-state index in [9.17, 15) is 4.79 Å². The zero-order chi connectivity index (χ0) is 24.7. The van der Waals surface area contributed by atoms with Gasteiger partial charge in [-0.05, 0) is 91.9 Å². The van der Waals surface area contributed by atoms with Gasteiger partial charge in [-0.3, -0.25) is 4.90 Å². The van der Waals surface area contributed by atoms with E-state index in [1.54, 1.807) is 7.11 Å². The van der Waals surface area contributed by atoms with E-state index >= 15 is 0 Å². The summed E-state index contributed by atoms with van der Waals surface area (Å²) in [6.07, 6.45) is 2.97. The first kappa shape index (κ1) is 24.0. The van der Waals surface area contributed by atoms with Gasteiger partial charge in [0.15, 0.2) is 11.5 Å². The first-order chi connectivity index (χ1) is 16.7. The molecular formula is C29H38N2O4. The van der Waals surface area contributed by atoms with E-state index in [1.807, 2.05) is 26.0 Å². The van der Waals surface area contributed by atoms with Crippen molar-refractivity contribution in [3.8, 4) is 22.6 Å². The van der Waals surface area contributed by atoms with E-state index < -0.39 is 0 Å². The largest absolute Gasteiger partial charge is 0.493 e. The topological polar surface area (TPSA) is 60.0 Å². The van der Waals surface area contributed by atoms with Gasteiger partial charge in [-0.2, -0.15) is 0 Å². The SMILES string of the molecule is COc1cc(-c2ccc3c(c2)CC(C)(C)[C@H]3NC(=O)O[C@H]2CN3CCC2CC3)ccc1OC(C)C. The van der Waals surface area contributed by atoms with Crippen molar-refractivity contribution < 1.29 is 19.0 Å². The van der Waals surface area contributed by atoms with Gasteiger partial charge in [-0.25, -0.2) is 4.79 Å². The molecule has 2 bridgehead atoms. The van der Waals surface area contributed by atoms with Crippen molar-refractivity contribution in [1.29, 1.82) is 0 Å². The van der Waals surface area contributed by atoms with Crippen LogP contribution in [0.2, 0.25) is 0 Å². The lowest BCUT2D eigenvalue weighted by Crippen LogP contribution is -2.53. The molecule has 2 atom stereocenters. The summed E-state index contributed by atoms with van der Waals surface area (Å²) in [4.78, 5) is 15.3. The number of hydrogen-bond donors (Lipinski definition) is 1. The van der Waals surface area contributed by atoms with Crippen LogP contribution in [0.15, 0.2) is 36.4 Å². The molecule has 0 unspecified atom stereocenters. The van der Waals surface area contributed by atoms with Gasteiger partial charge in [0.2, 0.25) is 0 Å². The molecule has 2 aromatic carbocycles. The normalized spacial score (nSPS) is 26.3. The highest BCUT2D eigenvalue weighted by Crippen LogP contribution is 2.46. The molecule has 6 heteroatoms. The van der Waals surface area contributed by atoms with Crippen LogP contribution in [-0.2, 0) is 11.2 Å². The maximum Gasteiger partial charge on any atom is 0.407 e. The number of rotatable bonds is 6. The average Bonchev–Trinajstić information content (AvgIpc) is 3.08. The Hall–Kier alpha value is -2.73. The van der Waals surface area contributed by atoms with Crippen LogP contribution in [-0.4, -0.2) is 49.9 Å².